The van der Waals surface area contributed by atoms with Gasteiger partial charge in [0.05, 0.1) is 23.7 Å². The number of rotatable bonds is 8. The van der Waals surface area contributed by atoms with Crippen LogP contribution in [0.4, 0.5) is 5.69 Å². The van der Waals surface area contributed by atoms with Crippen LogP contribution in [0.15, 0.2) is 71.6 Å². The minimum atomic E-state index is -3.90. The second-order valence-corrected chi connectivity index (χ2v) is 11.1. The molecule has 0 saturated carbocycles. The Bertz CT molecular complexity index is 1340. The Kier molecular flexibility index (Phi) is 7.54. The van der Waals surface area contributed by atoms with E-state index < -0.39 is 22.0 Å². The molecule has 1 atom stereocenters. The van der Waals surface area contributed by atoms with Gasteiger partial charge in [0.25, 0.3) is 15.9 Å². The summed E-state index contributed by atoms with van der Waals surface area (Å²) < 4.78 is 40.2. The van der Waals surface area contributed by atoms with E-state index in [0.717, 1.165) is 22.4 Å². The Balaban J connectivity index is 1.48. The molecule has 0 bridgehead atoms. The minimum Gasteiger partial charge on any atom is -0.491 e. The molecular weight excluding hydrogens is 476 g/mol. The molecule has 0 saturated heterocycles. The largest absolute Gasteiger partial charge is 0.491 e. The van der Waals surface area contributed by atoms with Crippen molar-refractivity contribution in [2.45, 2.75) is 44.6 Å². The Morgan fingerprint density at radius 1 is 1.06 bits per heavy atom. The van der Waals surface area contributed by atoms with Crippen molar-refractivity contribution >= 4 is 21.6 Å². The molecule has 0 aromatic heterocycles. The summed E-state index contributed by atoms with van der Waals surface area (Å²) in [5.41, 5.74) is 3.38. The Labute approximate surface area is 213 Å². The third kappa shape index (κ3) is 5.49. The molecule has 0 aliphatic carbocycles. The van der Waals surface area contributed by atoms with Crippen LogP contribution in [0.1, 0.15) is 36.5 Å². The summed E-state index contributed by atoms with van der Waals surface area (Å²) in [7, 11) is -3.90. The molecule has 0 radical (unpaired) electrons. The van der Waals surface area contributed by atoms with Crippen molar-refractivity contribution in [3.8, 4) is 11.5 Å². The highest BCUT2D eigenvalue weighted by Gasteiger charge is 2.37. The van der Waals surface area contributed by atoms with Gasteiger partial charge < -0.3 is 14.8 Å². The van der Waals surface area contributed by atoms with E-state index in [4.69, 9.17) is 9.47 Å². The molecule has 36 heavy (non-hydrogen) atoms. The zero-order valence-corrected chi connectivity index (χ0v) is 21.8. The number of benzene rings is 3. The first kappa shape index (κ1) is 25.6. The summed E-state index contributed by atoms with van der Waals surface area (Å²) in [6.45, 7) is 8.39. The van der Waals surface area contributed by atoms with Gasteiger partial charge >= 0.3 is 0 Å². The lowest BCUT2D eigenvalue weighted by Gasteiger charge is -2.35. The van der Waals surface area contributed by atoms with E-state index in [0.29, 0.717) is 17.4 Å². The quantitative estimate of drug-likeness (QED) is 0.451. The fraction of sp³-hybridized carbons (Fsp3) is 0.321. The Morgan fingerprint density at radius 2 is 1.75 bits per heavy atom. The summed E-state index contributed by atoms with van der Waals surface area (Å²) in [6.07, 6.45) is -0.997. The molecular formula is C28H32N2O5S. The summed E-state index contributed by atoms with van der Waals surface area (Å²) in [5, 5.41) is 2.82. The topological polar surface area (TPSA) is 84.9 Å². The van der Waals surface area contributed by atoms with Gasteiger partial charge in [-0.15, -0.1) is 0 Å². The smallest absolute Gasteiger partial charge is 0.264 e. The number of hydrogen-bond donors (Lipinski definition) is 1. The summed E-state index contributed by atoms with van der Waals surface area (Å²) >= 11 is 0. The van der Waals surface area contributed by atoms with Crippen LogP contribution in [0.3, 0.4) is 0 Å². The van der Waals surface area contributed by atoms with Crippen LogP contribution in [0.2, 0.25) is 0 Å². The van der Waals surface area contributed by atoms with Crippen LogP contribution < -0.4 is 19.1 Å². The normalized spacial score (nSPS) is 15.2. The predicted molar refractivity (Wildman–Crippen MR) is 140 cm³/mol. The highest BCUT2D eigenvalue weighted by molar-refractivity contribution is 7.92. The number of ether oxygens (including phenoxy) is 2. The van der Waals surface area contributed by atoms with Crippen molar-refractivity contribution < 1.29 is 22.7 Å². The van der Waals surface area contributed by atoms with E-state index in [-0.39, 0.29) is 24.6 Å². The molecule has 1 amide bonds. The lowest BCUT2D eigenvalue weighted by molar-refractivity contribution is -0.127. The van der Waals surface area contributed by atoms with Crippen LogP contribution in [0.25, 0.3) is 0 Å². The molecule has 1 heterocycles. The van der Waals surface area contributed by atoms with E-state index in [9.17, 15) is 13.2 Å². The summed E-state index contributed by atoms with van der Waals surface area (Å²) in [6, 6.07) is 19.8. The maximum Gasteiger partial charge on any atom is 0.264 e. The first-order chi connectivity index (χ1) is 17.2. The highest BCUT2D eigenvalue weighted by Crippen LogP contribution is 2.37. The standard InChI is InChI=1S/C28H32N2O5S/c1-19(2)23-7-5-6-8-25(23)34-16-15-29-28(31)27-18-30(24-17-21(4)11-14-26(24)35-27)36(32,33)22-12-9-20(3)10-13-22/h5-14,17,19,27H,15-16,18H2,1-4H3,(H,29,31). The maximum atomic E-state index is 13.6. The van der Waals surface area contributed by atoms with Crippen molar-refractivity contribution in [1.82, 2.24) is 5.32 Å². The van der Waals surface area contributed by atoms with Gasteiger partial charge in [-0.05, 0) is 61.2 Å². The minimum absolute atomic E-state index is 0.129. The lowest BCUT2D eigenvalue weighted by atomic mass is 10.0. The summed E-state index contributed by atoms with van der Waals surface area (Å²) in [4.78, 5) is 13.2. The molecule has 1 aliphatic heterocycles. The molecule has 0 spiro atoms. The zero-order chi connectivity index (χ0) is 25.9. The second-order valence-electron chi connectivity index (χ2n) is 9.26. The molecule has 1 N–H and O–H groups in total. The molecule has 3 aromatic rings. The van der Waals surface area contributed by atoms with Gasteiger partial charge in [0.15, 0.2) is 6.10 Å². The lowest BCUT2D eigenvalue weighted by Crippen LogP contribution is -2.51. The maximum absolute atomic E-state index is 13.6. The fourth-order valence-corrected chi connectivity index (χ4v) is 5.57. The number of aryl methyl sites for hydroxylation is 2. The third-order valence-corrected chi connectivity index (χ3v) is 7.88. The van der Waals surface area contributed by atoms with E-state index in [1.165, 1.54) is 4.31 Å². The number of hydrogen-bond acceptors (Lipinski definition) is 5. The van der Waals surface area contributed by atoms with Crippen molar-refractivity contribution in [2.75, 3.05) is 24.0 Å². The van der Waals surface area contributed by atoms with E-state index in [1.54, 1.807) is 36.4 Å². The van der Waals surface area contributed by atoms with Crippen molar-refractivity contribution in [3.63, 3.8) is 0 Å². The summed E-state index contributed by atoms with van der Waals surface area (Å²) in [5.74, 6) is 1.06. The molecule has 4 rings (SSSR count). The van der Waals surface area contributed by atoms with Crippen LogP contribution in [0, 0.1) is 13.8 Å². The first-order valence-electron chi connectivity index (χ1n) is 12.0. The number of fused-ring (bicyclic) bond motifs is 1. The van der Waals surface area contributed by atoms with E-state index in [1.807, 2.05) is 44.2 Å². The van der Waals surface area contributed by atoms with Crippen LogP contribution in [-0.2, 0) is 14.8 Å². The number of carbonyl (C=O) groups is 1. The molecule has 8 heteroatoms. The number of nitrogens with one attached hydrogen (secondary N) is 1. The van der Waals surface area contributed by atoms with Crippen molar-refractivity contribution in [3.05, 3.63) is 83.4 Å². The first-order valence-corrected chi connectivity index (χ1v) is 13.5. The van der Waals surface area contributed by atoms with Gasteiger partial charge in [0, 0.05) is 0 Å². The van der Waals surface area contributed by atoms with Gasteiger partial charge in [-0.1, -0.05) is 55.8 Å². The zero-order valence-electron chi connectivity index (χ0n) is 21.0. The number of sulfonamides is 1. The van der Waals surface area contributed by atoms with E-state index in [2.05, 4.69) is 19.2 Å². The van der Waals surface area contributed by atoms with Crippen molar-refractivity contribution in [2.24, 2.45) is 0 Å². The number of anilines is 1. The average molecular weight is 509 g/mol. The SMILES string of the molecule is Cc1ccc(S(=O)(=O)N2CC(C(=O)NCCOc3ccccc3C(C)C)Oc3ccc(C)cc32)cc1. The van der Waals surface area contributed by atoms with Gasteiger partial charge in [0.2, 0.25) is 0 Å². The Hall–Kier alpha value is -3.52. The number of para-hydroxylation sites is 1. The van der Waals surface area contributed by atoms with Crippen molar-refractivity contribution in [1.29, 1.82) is 0 Å². The van der Waals surface area contributed by atoms with Gasteiger partial charge in [0.1, 0.15) is 18.1 Å². The number of amides is 1. The molecule has 7 nitrogen and oxygen atoms in total. The molecule has 1 aliphatic rings. The highest BCUT2D eigenvalue weighted by atomic mass is 32.2. The van der Waals surface area contributed by atoms with Crippen LogP contribution in [-0.4, -0.2) is 40.1 Å². The second kappa shape index (κ2) is 10.6. The monoisotopic (exact) mass is 508 g/mol. The molecule has 3 aromatic carbocycles. The predicted octanol–water partition coefficient (Wildman–Crippen LogP) is 4.58. The van der Waals surface area contributed by atoms with Gasteiger partial charge in [-0.25, -0.2) is 8.42 Å². The number of carbonyl (C=O) groups excluding carboxylic acids is 1. The van der Waals surface area contributed by atoms with Gasteiger partial charge in [-0.3, -0.25) is 9.10 Å². The molecule has 1 unspecified atom stereocenters. The van der Waals surface area contributed by atoms with Gasteiger partial charge in [-0.2, -0.15) is 0 Å². The average Bonchev–Trinajstić information content (AvgIpc) is 2.86. The molecule has 0 fully saturated rings. The van der Waals surface area contributed by atoms with Crippen LogP contribution >= 0.6 is 0 Å². The Morgan fingerprint density at radius 3 is 2.47 bits per heavy atom. The fourth-order valence-electron chi connectivity index (χ4n) is 4.10. The molecule has 190 valence electrons. The number of nitrogens with zero attached hydrogens (tertiary/aromatic N) is 1. The van der Waals surface area contributed by atoms with Crippen LogP contribution in [0.5, 0.6) is 11.5 Å². The van der Waals surface area contributed by atoms with E-state index >= 15 is 0 Å². The third-order valence-electron chi connectivity index (χ3n) is 6.09.